The van der Waals surface area contributed by atoms with Crippen molar-refractivity contribution >= 4 is 5.78 Å². The maximum atomic E-state index is 12.5. The lowest BCUT2D eigenvalue weighted by molar-refractivity contribution is -0.135. The van der Waals surface area contributed by atoms with Crippen molar-refractivity contribution in [2.75, 3.05) is 7.11 Å². The number of aliphatic hydroxyl groups excluding tert-OH is 1. The van der Waals surface area contributed by atoms with Gasteiger partial charge < -0.3 is 14.6 Å². The molecule has 0 aromatic rings. The number of Topliss-reactive ketones (excluding diaryl/α,β-unsaturated/α-hetero) is 1. The lowest BCUT2D eigenvalue weighted by Crippen LogP contribution is -2.47. The molecular formula is C17H24O4. The van der Waals surface area contributed by atoms with Crippen LogP contribution in [0, 0.1) is 11.8 Å². The number of ether oxygens (including phenoxy) is 2. The van der Waals surface area contributed by atoms with Crippen LogP contribution in [-0.2, 0) is 14.3 Å². The van der Waals surface area contributed by atoms with Crippen molar-refractivity contribution in [1.82, 2.24) is 0 Å². The van der Waals surface area contributed by atoms with Gasteiger partial charge in [0.05, 0.1) is 0 Å². The first-order valence-corrected chi connectivity index (χ1v) is 7.70. The van der Waals surface area contributed by atoms with E-state index in [1.165, 1.54) is 7.11 Å². The lowest BCUT2D eigenvalue weighted by Gasteiger charge is -2.44. The second-order valence-electron chi connectivity index (χ2n) is 6.90. The molecule has 0 amide bonds. The summed E-state index contributed by atoms with van der Waals surface area (Å²) in [7, 11) is 1.51. The molecule has 3 aliphatic rings. The molecule has 4 nitrogen and oxygen atoms in total. The van der Waals surface area contributed by atoms with E-state index in [-0.39, 0.29) is 17.3 Å². The Hall–Kier alpha value is -1.13. The second-order valence-corrected chi connectivity index (χ2v) is 6.90. The van der Waals surface area contributed by atoms with Gasteiger partial charge in [-0.25, -0.2) is 0 Å². The first-order valence-electron chi connectivity index (χ1n) is 7.70. The highest BCUT2D eigenvalue weighted by Gasteiger charge is 2.53. The van der Waals surface area contributed by atoms with Crippen LogP contribution in [0.4, 0.5) is 0 Å². The van der Waals surface area contributed by atoms with Crippen molar-refractivity contribution in [2.45, 2.75) is 57.3 Å². The average molecular weight is 292 g/mol. The number of allylic oxidation sites excluding steroid dienone is 1. The normalized spacial score (nSPS) is 42.4. The van der Waals surface area contributed by atoms with Crippen molar-refractivity contribution in [3.63, 3.8) is 0 Å². The third kappa shape index (κ3) is 2.16. The molecule has 0 aromatic heterocycles. The minimum Gasteiger partial charge on any atom is -0.488 e. The molecule has 0 radical (unpaired) electrons. The molecule has 2 aliphatic carbocycles. The van der Waals surface area contributed by atoms with E-state index in [1.54, 1.807) is 0 Å². The number of rotatable bonds is 2. The minimum absolute atomic E-state index is 0.0211. The largest absolute Gasteiger partial charge is 0.488 e. The highest BCUT2D eigenvalue weighted by molar-refractivity contribution is 6.00. The fourth-order valence-corrected chi connectivity index (χ4v) is 4.27. The summed E-state index contributed by atoms with van der Waals surface area (Å²) in [6, 6.07) is 0. The zero-order valence-electron chi connectivity index (χ0n) is 13.0. The summed E-state index contributed by atoms with van der Waals surface area (Å²) < 4.78 is 11.4. The van der Waals surface area contributed by atoms with E-state index in [9.17, 15) is 9.90 Å². The van der Waals surface area contributed by atoms with Gasteiger partial charge in [0, 0.05) is 25.0 Å². The standard InChI is InChI=1S/C17H24O4/c1-9(2)10-5-6-17(3)12(10)7-11-15(19)14(20-4)8-13(18)16(11)21-17/h10,12-14,18H,1,5-8H2,2-4H3/t10-,12-,13+,14-,17+/m1/s1. The first kappa shape index (κ1) is 14.8. The molecule has 3 rings (SSSR count). The Labute approximate surface area is 125 Å². The second kappa shape index (κ2) is 4.96. The fraction of sp³-hybridized carbons (Fsp3) is 0.706. The number of methoxy groups -OCH3 is 1. The van der Waals surface area contributed by atoms with E-state index < -0.39 is 12.2 Å². The van der Waals surface area contributed by atoms with Crippen LogP contribution in [-0.4, -0.2) is 35.8 Å². The van der Waals surface area contributed by atoms with Crippen LogP contribution >= 0.6 is 0 Å². The van der Waals surface area contributed by atoms with Crippen LogP contribution < -0.4 is 0 Å². The molecule has 21 heavy (non-hydrogen) atoms. The number of ketones is 1. The van der Waals surface area contributed by atoms with E-state index >= 15 is 0 Å². The third-order valence-electron chi connectivity index (χ3n) is 5.53. The maximum Gasteiger partial charge on any atom is 0.191 e. The Morgan fingerprint density at radius 3 is 2.86 bits per heavy atom. The molecule has 1 saturated carbocycles. The molecule has 0 bridgehead atoms. The molecule has 1 N–H and O–H groups in total. The van der Waals surface area contributed by atoms with Crippen LogP contribution in [0.5, 0.6) is 0 Å². The SMILES string of the molecule is C=C(C)[C@H]1CC[C@]2(C)OC3=C(C[C@H]12)C(=O)[C@H](OC)C[C@@H]3O. The Morgan fingerprint density at radius 1 is 1.52 bits per heavy atom. The van der Waals surface area contributed by atoms with Gasteiger partial charge in [-0.1, -0.05) is 12.2 Å². The van der Waals surface area contributed by atoms with Gasteiger partial charge >= 0.3 is 0 Å². The molecule has 4 heteroatoms. The monoisotopic (exact) mass is 292 g/mol. The Bertz CT molecular complexity index is 521. The number of hydrogen-bond donors (Lipinski definition) is 1. The van der Waals surface area contributed by atoms with Crippen molar-refractivity contribution in [3.05, 3.63) is 23.5 Å². The summed E-state index contributed by atoms with van der Waals surface area (Å²) in [6.45, 7) is 8.25. The molecule has 116 valence electrons. The van der Waals surface area contributed by atoms with E-state index in [2.05, 4.69) is 20.4 Å². The average Bonchev–Trinajstić information content (AvgIpc) is 2.77. The van der Waals surface area contributed by atoms with Crippen LogP contribution in [0.15, 0.2) is 23.5 Å². The topological polar surface area (TPSA) is 55.8 Å². The van der Waals surface area contributed by atoms with E-state index in [0.717, 1.165) is 18.4 Å². The molecule has 0 saturated heterocycles. The first-order chi connectivity index (χ1) is 9.87. The number of carbonyl (C=O) groups is 1. The van der Waals surface area contributed by atoms with Gasteiger partial charge in [-0.15, -0.1) is 0 Å². The number of aliphatic hydroxyl groups is 1. The molecule has 0 spiro atoms. The quantitative estimate of drug-likeness (QED) is 0.794. The van der Waals surface area contributed by atoms with Crippen LogP contribution in [0.2, 0.25) is 0 Å². The van der Waals surface area contributed by atoms with Gasteiger partial charge in [-0.05, 0) is 39.0 Å². The summed E-state index contributed by atoms with van der Waals surface area (Å²) in [6.07, 6.45) is 1.66. The summed E-state index contributed by atoms with van der Waals surface area (Å²) in [4.78, 5) is 12.5. The smallest absolute Gasteiger partial charge is 0.191 e. The van der Waals surface area contributed by atoms with Gasteiger partial charge in [0.25, 0.3) is 0 Å². The predicted molar refractivity (Wildman–Crippen MR) is 78.6 cm³/mol. The summed E-state index contributed by atoms with van der Waals surface area (Å²) in [5, 5.41) is 10.3. The number of hydrogen-bond acceptors (Lipinski definition) is 4. The molecule has 1 heterocycles. The Morgan fingerprint density at radius 2 is 2.24 bits per heavy atom. The molecule has 0 unspecified atom stereocenters. The van der Waals surface area contributed by atoms with Crippen LogP contribution in [0.1, 0.15) is 39.5 Å². The minimum atomic E-state index is -0.732. The molecule has 1 aliphatic heterocycles. The van der Waals surface area contributed by atoms with Gasteiger partial charge in [0.2, 0.25) is 0 Å². The van der Waals surface area contributed by atoms with Gasteiger partial charge in [-0.3, -0.25) is 4.79 Å². The Kier molecular flexibility index (Phi) is 3.49. The van der Waals surface area contributed by atoms with Crippen LogP contribution in [0.25, 0.3) is 0 Å². The van der Waals surface area contributed by atoms with E-state index in [1.807, 2.05) is 0 Å². The molecule has 5 atom stereocenters. The van der Waals surface area contributed by atoms with Gasteiger partial charge in [0.15, 0.2) is 5.78 Å². The van der Waals surface area contributed by atoms with E-state index in [0.29, 0.717) is 30.1 Å². The summed E-state index contributed by atoms with van der Waals surface area (Å²) in [5.74, 6) is 1.12. The highest BCUT2D eigenvalue weighted by atomic mass is 16.5. The zero-order valence-corrected chi connectivity index (χ0v) is 13.0. The van der Waals surface area contributed by atoms with Crippen molar-refractivity contribution in [1.29, 1.82) is 0 Å². The Balaban J connectivity index is 1.97. The van der Waals surface area contributed by atoms with Gasteiger partial charge in [0.1, 0.15) is 23.6 Å². The zero-order chi connectivity index (χ0) is 15.4. The molecule has 0 aromatic carbocycles. The van der Waals surface area contributed by atoms with Crippen molar-refractivity contribution in [3.8, 4) is 0 Å². The van der Waals surface area contributed by atoms with Crippen molar-refractivity contribution in [2.24, 2.45) is 11.8 Å². The third-order valence-corrected chi connectivity index (χ3v) is 5.53. The summed E-state index contributed by atoms with van der Waals surface area (Å²) in [5.41, 5.74) is 1.50. The molecular weight excluding hydrogens is 268 g/mol. The highest BCUT2D eigenvalue weighted by Crippen LogP contribution is 2.53. The van der Waals surface area contributed by atoms with Crippen molar-refractivity contribution < 1.29 is 19.4 Å². The van der Waals surface area contributed by atoms with E-state index in [4.69, 9.17) is 9.47 Å². The number of fused-ring (bicyclic) bond motifs is 1. The summed E-state index contributed by atoms with van der Waals surface area (Å²) >= 11 is 0. The van der Waals surface area contributed by atoms with Crippen LogP contribution in [0.3, 0.4) is 0 Å². The maximum absolute atomic E-state index is 12.5. The predicted octanol–water partition coefficient (Wildman–Crippen LogP) is 2.37. The fourth-order valence-electron chi connectivity index (χ4n) is 4.27. The number of carbonyl (C=O) groups excluding carboxylic acids is 1. The molecule has 1 fully saturated rings. The van der Waals surface area contributed by atoms with Gasteiger partial charge in [-0.2, -0.15) is 0 Å². The lowest BCUT2D eigenvalue weighted by atomic mass is 9.74.